The summed E-state index contributed by atoms with van der Waals surface area (Å²) in [6.45, 7) is 2.10. The minimum absolute atomic E-state index is 0.00954. The number of alkyl halides is 1. The first kappa shape index (κ1) is 17.3. The summed E-state index contributed by atoms with van der Waals surface area (Å²) >= 11 is 0. The Kier molecular flexibility index (Phi) is 4.96. The molecule has 2 atom stereocenters. The van der Waals surface area contributed by atoms with Crippen molar-refractivity contribution in [3.05, 3.63) is 53.2 Å². The van der Waals surface area contributed by atoms with Crippen LogP contribution in [0.25, 0.3) is 0 Å². The van der Waals surface area contributed by atoms with E-state index in [1.807, 2.05) is 13.0 Å². The van der Waals surface area contributed by atoms with Gasteiger partial charge in [-0.3, -0.25) is 4.79 Å². The molecule has 0 bridgehead atoms. The average molecular weight is 345 g/mol. The number of halogens is 1. The average Bonchev–Trinajstić information content (AvgIpc) is 2.93. The lowest BCUT2D eigenvalue weighted by Gasteiger charge is -2.15. The number of aryl methyl sites for hydroxylation is 1. The highest BCUT2D eigenvalue weighted by molar-refractivity contribution is 5.94. The number of carbonyl (C=O) groups is 1. The fraction of sp³-hybridized carbons (Fsp3) is 0.333. The maximum absolute atomic E-state index is 13.4. The van der Waals surface area contributed by atoms with Gasteiger partial charge in [-0.15, -0.1) is 0 Å². The smallest absolute Gasteiger partial charge is 0.254 e. The van der Waals surface area contributed by atoms with Crippen LogP contribution in [-0.4, -0.2) is 46.3 Å². The Balaban J connectivity index is 1.78. The number of hydrogen-bond donors (Lipinski definition) is 2. The minimum atomic E-state index is -1.41. The molecule has 0 aliphatic carbocycles. The Morgan fingerprint density at radius 3 is 2.88 bits per heavy atom. The number of aliphatic hydroxyl groups excluding tert-OH is 1. The fourth-order valence-corrected chi connectivity index (χ4v) is 2.79. The highest BCUT2D eigenvalue weighted by Gasteiger charge is 2.34. The summed E-state index contributed by atoms with van der Waals surface area (Å²) in [6.07, 6.45) is -2.54. The first-order valence-electron chi connectivity index (χ1n) is 8.03. The zero-order valence-corrected chi connectivity index (χ0v) is 13.9. The van der Waals surface area contributed by atoms with Gasteiger partial charge >= 0.3 is 0 Å². The Labute approximate surface area is 145 Å². The van der Waals surface area contributed by atoms with E-state index >= 15 is 0 Å². The third kappa shape index (κ3) is 3.94. The Morgan fingerprint density at radius 2 is 2.20 bits per heavy atom. The number of ether oxygens (including phenoxy) is 1. The molecule has 0 saturated carbocycles. The molecule has 6 nitrogen and oxygen atoms in total. The van der Waals surface area contributed by atoms with Crippen molar-refractivity contribution in [3.8, 4) is 11.6 Å². The van der Waals surface area contributed by atoms with Gasteiger partial charge in [0, 0.05) is 30.4 Å². The van der Waals surface area contributed by atoms with Crippen molar-refractivity contribution in [3.63, 3.8) is 0 Å². The largest absolute Gasteiger partial charge is 0.439 e. The summed E-state index contributed by atoms with van der Waals surface area (Å²) in [5, 5.41) is 9.48. The van der Waals surface area contributed by atoms with Crippen molar-refractivity contribution in [1.29, 1.82) is 0 Å². The molecule has 1 aliphatic rings. The van der Waals surface area contributed by atoms with Crippen LogP contribution >= 0.6 is 0 Å². The summed E-state index contributed by atoms with van der Waals surface area (Å²) in [5.74, 6) is 0.499. The lowest BCUT2D eigenvalue weighted by molar-refractivity contribution is 0.0764. The Bertz CT molecular complexity index is 774. The van der Waals surface area contributed by atoms with E-state index in [1.165, 1.54) is 4.90 Å². The summed E-state index contributed by atoms with van der Waals surface area (Å²) in [7, 11) is 0. The highest BCUT2D eigenvalue weighted by atomic mass is 19.1. The molecule has 1 aromatic heterocycles. The number of hydrogen-bond acceptors (Lipinski definition) is 5. The molecule has 0 radical (unpaired) electrons. The molecule has 0 spiro atoms. The second-order valence-corrected chi connectivity index (χ2v) is 6.08. The number of likely N-dealkylation sites (tertiary alicyclic amines) is 1. The lowest BCUT2D eigenvalue weighted by Crippen LogP contribution is -2.29. The van der Waals surface area contributed by atoms with Crippen LogP contribution in [0, 0.1) is 6.92 Å². The summed E-state index contributed by atoms with van der Waals surface area (Å²) in [5.41, 5.74) is 7.70. The van der Waals surface area contributed by atoms with Crippen LogP contribution in [0.3, 0.4) is 0 Å². The number of nitrogens with two attached hydrogens (primary N) is 1. The number of benzene rings is 1. The van der Waals surface area contributed by atoms with E-state index in [-0.39, 0.29) is 19.0 Å². The van der Waals surface area contributed by atoms with Crippen LogP contribution in [0.15, 0.2) is 36.4 Å². The number of aromatic nitrogens is 1. The minimum Gasteiger partial charge on any atom is -0.439 e. The Morgan fingerprint density at radius 1 is 1.40 bits per heavy atom. The normalized spacial score (nSPS) is 19.9. The summed E-state index contributed by atoms with van der Waals surface area (Å²) in [6, 6.07) is 10.2. The summed E-state index contributed by atoms with van der Waals surface area (Å²) in [4.78, 5) is 18.0. The summed E-state index contributed by atoms with van der Waals surface area (Å²) < 4.78 is 19.2. The SMILES string of the molecule is Cc1cc(CN)cc(Oc2cccc(C(=O)N3C[C@H](O)[C@@H](F)C3)c2)n1. The molecule has 1 saturated heterocycles. The second-order valence-electron chi connectivity index (χ2n) is 6.08. The van der Waals surface area contributed by atoms with Gasteiger partial charge in [0.05, 0.1) is 6.54 Å². The van der Waals surface area contributed by atoms with Crippen LogP contribution in [-0.2, 0) is 6.54 Å². The Hall–Kier alpha value is -2.51. The molecular formula is C18H20FN3O3. The van der Waals surface area contributed by atoms with E-state index in [2.05, 4.69) is 4.98 Å². The molecule has 25 heavy (non-hydrogen) atoms. The van der Waals surface area contributed by atoms with Crippen molar-refractivity contribution in [1.82, 2.24) is 9.88 Å². The van der Waals surface area contributed by atoms with Crippen LogP contribution in [0.1, 0.15) is 21.6 Å². The van der Waals surface area contributed by atoms with Crippen LogP contribution in [0.4, 0.5) is 4.39 Å². The number of pyridine rings is 1. The van der Waals surface area contributed by atoms with Gasteiger partial charge < -0.3 is 20.5 Å². The number of amides is 1. The standard InChI is InChI=1S/C18H20FN3O3/c1-11-5-12(8-20)6-17(21-11)25-14-4-2-3-13(7-14)18(24)22-9-15(19)16(23)10-22/h2-7,15-16,23H,8-10,20H2,1H3/t15-,16-/m0/s1. The predicted molar refractivity (Wildman–Crippen MR) is 90.2 cm³/mol. The maximum atomic E-state index is 13.4. The fourth-order valence-electron chi connectivity index (χ4n) is 2.79. The molecule has 3 N–H and O–H groups in total. The van der Waals surface area contributed by atoms with E-state index in [0.29, 0.717) is 23.7 Å². The van der Waals surface area contributed by atoms with Crippen molar-refractivity contribution in [2.75, 3.05) is 13.1 Å². The molecule has 1 aliphatic heterocycles. The third-order valence-electron chi connectivity index (χ3n) is 4.04. The molecule has 7 heteroatoms. The van der Waals surface area contributed by atoms with E-state index in [4.69, 9.17) is 10.5 Å². The van der Waals surface area contributed by atoms with E-state index in [9.17, 15) is 14.3 Å². The maximum Gasteiger partial charge on any atom is 0.254 e. The van der Waals surface area contributed by atoms with Crippen molar-refractivity contribution >= 4 is 5.91 Å². The molecular weight excluding hydrogens is 325 g/mol. The van der Waals surface area contributed by atoms with E-state index in [0.717, 1.165) is 11.3 Å². The molecule has 1 fully saturated rings. The predicted octanol–water partition coefficient (Wildman–Crippen LogP) is 1.80. The topological polar surface area (TPSA) is 88.7 Å². The van der Waals surface area contributed by atoms with Gasteiger partial charge in [-0.05, 0) is 36.8 Å². The van der Waals surface area contributed by atoms with Crippen molar-refractivity contribution in [2.24, 2.45) is 5.73 Å². The molecule has 1 amide bonds. The first-order valence-corrected chi connectivity index (χ1v) is 8.03. The van der Waals surface area contributed by atoms with Gasteiger partial charge in [0.2, 0.25) is 5.88 Å². The molecule has 3 rings (SSSR count). The molecule has 0 unspecified atom stereocenters. The van der Waals surface area contributed by atoms with Crippen LogP contribution < -0.4 is 10.5 Å². The van der Waals surface area contributed by atoms with Gasteiger partial charge in [0.15, 0.2) is 0 Å². The highest BCUT2D eigenvalue weighted by Crippen LogP contribution is 2.24. The lowest BCUT2D eigenvalue weighted by atomic mass is 10.2. The van der Waals surface area contributed by atoms with Gasteiger partial charge in [-0.25, -0.2) is 9.37 Å². The van der Waals surface area contributed by atoms with Crippen LogP contribution in [0.2, 0.25) is 0 Å². The van der Waals surface area contributed by atoms with Gasteiger partial charge in [0.1, 0.15) is 18.0 Å². The van der Waals surface area contributed by atoms with Crippen LogP contribution in [0.5, 0.6) is 11.6 Å². The van der Waals surface area contributed by atoms with Gasteiger partial charge in [-0.1, -0.05) is 6.07 Å². The quantitative estimate of drug-likeness (QED) is 0.882. The zero-order valence-electron chi connectivity index (χ0n) is 13.9. The molecule has 2 aromatic rings. The molecule has 1 aromatic carbocycles. The first-order chi connectivity index (χ1) is 12.0. The monoisotopic (exact) mass is 345 g/mol. The van der Waals surface area contributed by atoms with Gasteiger partial charge in [-0.2, -0.15) is 0 Å². The number of aliphatic hydroxyl groups is 1. The second kappa shape index (κ2) is 7.16. The van der Waals surface area contributed by atoms with E-state index < -0.39 is 12.3 Å². The van der Waals surface area contributed by atoms with Gasteiger partial charge in [0.25, 0.3) is 5.91 Å². The zero-order chi connectivity index (χ0) is 18.0. The number of nitrogens with zero attached hydrogens (tertiary/aromatic N) is 2. The number of rotatable bonds is 4. The molecule has 2 heterocycles. The van der Waals surface area contributed by atoms with Crippen molar-refractivity contribution in [2.45, 2.75) is 25.7 Å². The number of carbonyl (C=O) groups excluding carboxylic acids is 1. The molecule has 132 valence electrons. The third-order valence-corrected chi connectivity index (χ3v) is 4.04. The van der Waals surface area contributed by atoms with E-state index in [1.54, 1.807) is 30.3 Å². The van der Waals surface area contributed by atoms with Crippen molar-refractivity contribution < 1.29 is 19.0 Å². The number of β-amino-alcohol motifs (C(OH)–C–C–N with tert-alkyl or cyclic N) is 1.